The average Bonchev–Trinajstić information content (AvgIpc) is 2.01. The van der Waals surface area contributed by atoms with Gasteiger partial charge in [0.1, 0.15) is 0 Å². The highest BCUT2D eigenvalue weighted by atomic mass is 16.4. The molecule has 4 N–H and O–H groups in total. The first-order valence-corrected chi connectivity index (χ1v) is 4.59. The second-order valence-electron chi connectivity index (χ2n) is 4.43. The molecule has 0 heterocycles. The average molecular weight is 193 g/mol. The van der Waals surface area contributed by atoms with Crippen molar-refractivity contribution >= 4 is 18.3 Å². The number of rotatable bonds is 1. The van der Waals surface area contributed by atoms with Gasteiger partial charge in [0.15, 0.2) is 0 Å². The Bertz CT molecular complexity index is 331. The third kappa shape index (κ3) is 2.08. The standard InChI is InChI=1S/C10H16BNO2/c1-10(2,3)7-5-4-6-8(9(7)12)11(13)14/h4-6,13-14H,12H2,1-3H3. The van der Waals surface area contributed by atoms with E-state index in [1.807, 2.05) is 26.8 Å². The Balaban J connectivity index is 3.28. The summed E-state index contributed by atoms with van der Waals surface area (Å²) in [6.45, 7) is 6.10. The number of nitrogens with two attached hydrogens (primary N) is 1. The summed E-state index contributed by atoms with van der Waals surface area (Å²) in [4.78, 5) is 0. The van der Waals surface area contributed by atoms with E-state index in [0.717, 1.165) is 5.56 Å². The highest BCUT2D eigenvalue weighted by Crippen LogP contribution is 2.26. The van der Waals surface area contributed by atoms with Crippen molar-refractivity contribution in [2.45, 2.75) is 26.2 Å². The van der Waals surface area contributed by atoms with Crippen molar-refractivity contribution in [2.75, 3.05) is 5.73 Å². The van der Waals surface area contributed by atoms with Crippen LogP contribution >= 0.6 is 0 Å². The molecule has 4 heteroatoms. The Labute approximate surface area is 84.7 Å². The predicted molar refractivity (Wildman–Crippen MR) is 59.4 cm³/mol. The molecule has 0 spiro atoms. The van der Waals surface area contributed by atoms with Crippen LogP contribution < -0.4 is 11.2 Å². The zero-order chi connectivity index (χ0) is 10.9. The van der Waals surface area contributed by atoms with Crippen LogP contribution in [0.1, 0.15) is 26.3 Å². The molecule has 1 rings (SSSR count). The molecule has 76 valence electrons. The fourth-order valence-corrected chi connectivity index (χ4v) is 1.46. The minimum Gasteiger partial charge on any atom is -0.423 e. The van der Waals surface area contributed by atoms with E-state index in [9.17, 15) is 0 Å². The van der Waals surface area contributed by atoms with E-state index in [0.29, 0.717) is 11.2 Å². The van der Waals surface area contributed by atoms with Crippen LogP contribution in [0.25, 0.3) is 0 Å². The lowest BCUT2D eigenvalue weighted by molar-refractivity contribution is 0.426. The fourth-order valence-electron chi connectivity index (χ4n) is 1.46. The van der Waals surface area contributed by atoms with Crippen LogP contribution in [0, 0.1) is 0 Å². The third-order valence-corrected chi connectivity index (χ3v) is 2.23. The van der Waals surface area contributed by atoms with Gasteiger partial charge in [0.25, 0.3) is 0 Å². The molecule has 3 nitrogen and oxygen atoms in total. The molecule has 0 bridgehead atoms. The lowest BCUT2D eigenvalue weighted by atomic mass is 9.74. The Kier molecular flexibility index (Phi) is 2.88. The van der Waals surface area contributed by atoms with Crippen LogP contribution in [0.3, 0.4) is 0 Å². The monoisotopic (exact) mass is 193 g/mol. The molecule has 0 amide bonds. The lowest BCUT2D eigenvalue weighted by Crippen LogP contribution is -2.34. The van der Waals surface area contributed by atoms with Crippen LogP contribution in [0.4, 0.5) is 5.69 Å². The Hall–Kier alpha value is -0.995. The van der Waals surface area contributed by atoms with Gasteiger partial charge in [-0.05, 0) is 11.0 Å². The van der Waals surface area contributed by atoms with E-state index >= 15 is 0 Å². The van der Waals surface area contributed by atoms with Gasteiger partial charge in [0.2, 0.25) is 0 Å². The zero-order valence-corrected chi connectivity index (χ0v) is 8.78. The lowest BCUT2D eigenvalue weighted by Gasteiger charge is -2.22. The maximum Gasteiger partial charge on any atom is 0.490 e. The number of nitrogen functional groups attached to an aromatic ring is 1. The first kappa shape index (κ1) is 11.1. The van der Waals surface area contributed by atoms with Gasteiger partial charge in [0.05, 0.1) is 0 Å². The van der Waals surface area contributed by atoms with Crippen molar-refractivity contribution in [2.24, 2.45) is 0 Å². The van der Waals surface area contributed by atoms with Gasteiger partial charge in [-0.3, -0.25) is 0 Å². The topological polar surface area (TPSA) is 66.5 Å². The zero-order valence-electron chi connectivity index (χ0n) is 8.78. The molecule has 1 aromatic rings. The highest BCUT2D eigenvalue weighted by molar-refractivity contribution is 6.60. The van der Waals surface area contributed by atoms with Crippen LogP contribution in [0.2, 0.25) is 0 Å². The first-order valence-electron chi connectivity index (χ1n) is 4.59. The van der Waals surface area contributed by atoms with E-state index in [2.05, 4.69) is 0 Å². The van der Waals surface area contributed by atoms with Gasteiger partial charge < -0.3 is 15.8 Å². The van der Waals surface area contributed by atoms with Gasteiger partial charge >= 0.3 is 7.12 Å². The Morgan fingerprint density at radius 2 is 1.79 bits per heavy atom. The van der Waals surface area contributed by atoms with Gasteiger partial charge in [0, 0.05) is 11.2 Å². The maximum absolute atomic E-state index is 9.07. The molecular formula is C10H16BNO2. The van der Waals surface area contributed by atoms with E-state index in [1.165, 1.54) is 0 Å². The molecule has 14 heavy (non-hydrogen) atoms. The fraction of sp³-hybridized carbons (Fsp3) is 0.400. The molecule has 0 fully saturated rings. The van der Waals surface area contributed by atoms with Gasteiger partial charge in [-0.15, -0.1) is 0 Å². The molecule has 0 aliphatic carbocycles. The van der Waals surface area contributed by atoms with Crippen molar-refractivity contribution in [1.82, 2.24) is 0 Å². The largest absolute Gasteiger partial charge is 0.490 e. The number of benzene rings is 1. The third-order valence-electron chi connectivity index (χ3n) is 2.23. The van der Waals surface area contributed by atoms with E-state index in [-0.39, 0.29) is 5.41 Å². The smallest absolute Gasteiger partial charge is 0.423 e. The molecule has 0 aliphatic heterocycles. The summed E-state index contributed by atoms with van der Waals surface area (Å²) in [6.07, 6.45) is 0. The second kappa shape index (κ2) is 3.63. The highest BCUT2D eigenvalue weighted by Gasteiger charge is 2.22. The molecule has 0 saturated carbocycles. The first-order chi connectivity index (χ1) is 6.34. The van der Waals surface area contributed by atoms with Crippen LogP contribution in [0.5, 0.6) is 0 Å². The summed E-state index contributed by atoms with van der Waals surface area (Å²) in [5.74, 6) is 0. The minimum absolute atomic E-state index is 0.0883. The molecule has 0 unspecified atom stereocenters. The number of para-hydroxylation sites is 1. The van der Waals surface area contributed by atoms with Crippen molar-refractivity contribution in [1.29, 1.82) is 0 Å². The Morgan fingerprint density at radius 3 is 2.21 bits per heavy atom. The molecule has 0 radical (unpaired) electrons. The normalized spacial score (nSPS) is 11.5. The van der Waals surface area contributed by atoms with E-state index < -0.39 is 7.12 Å². The molecule has 0 saturated heterocycles. The molecular weight excluding hydrogens is 177 g/mol. The number of anilines is 1. The molecule has 0 atom stereocenters. The van der Waals surface area contributed by atoms with Crippen molar-refractivity contribution in [3.63, 3.8) is 0 Å². The van der Waals surface area contributed by atoms with Crippen LogP contribution in [-0.2, 0) is 5.41 Å². The summed E-state index contributed by atoms with van der Waals surface area (Å²) in [7, 11) is -1.50. The van der Waals surface area contributed by atoms with Crippen LogP contribution in [0.15, 0.2) is 18.2 Å². The SMILES string of the molecule is CC(C)(C)c1cccc(B(O)O)c1N. The van der Waals surface area contributed by atoms with Crippen molar-refractivity contribution in [3.05, 3.63) is 23.8 Å². The summed E-state index contributed by atoms with van der Waals surface area (Å²) in [6, 6.07) is 5.31. The van der Waals surface area contributed by atoms with E-state index in [4.69, 9.17) is 15.8 Å². The Morgan fingerprint density at radius 1 is 1.21 bits per heavy atom. The summed E-state index contributed by atoms with van der Waals surface area (Å²) < 4.78 is 0. The maximum atomic E-state index is 9.07. The van der Waals surface area contributed by atoms with Gasteiger partial charge in [-0.25, -0.2) is 0 Å². The van der Waals surface area contributed by atoms with Gasteiger partial charge in [-0.1, -0.05) is 39.0 Å². The number of hydrogen-bond acceptors (Lipinski definition) is 3. The summed E-state index contributed by atoms with van der Waals surface area (Å²) >= 11 is 0. The minimum atomic E-state index is -1.50. The summed E-state index contributed by atoms with van der Waals surface area (Å²) in [5.41, 5.74) is 7.54. The number of hydrogen-bond donors (Lipinski definition) is 3. The molecule has 0 aliphatic rings. The van der Waals surface area contributed by atoms with E-state index in [1.54, 1.807) is 12.1 Å². The summed E-state index contributed by atoms with van der Waals surface area (Å²) in [5, 5.41) is 18.1. The molecule has 0 aromatic heterocycles. The predicted octanol–water partition coefficient (Wildman–Crippen LogP) is 0.246. The van der Waals surface area contributed by atoms with Crippen LogP contribution in [-0.4, -0.2) is 17.2 Å². The van der Waals surface area contributed by atoms with Crippen molar-refractivity contribution < 1.29 is 10.0 Å². The second-order valence-corrected chi connectivity index (χ2v) is 4.43. The van der Waals surface area contributed by atoms with Crippen molar-refractivity contribution in [3.8, 4) is 0 Å². The molecule has 1 aromatic carbocycles. The quantitative estimate of drug-likeness (QED) is 0.442. The van der Waals surface area contributed by atoms with Gasteiger partial charge in [-0.2, -0.15) is 0 Å².